The summed E-state index contributed by atoms with van der Waals surface area (Å²) in [6.07, 6.45) is 39.5. The Balaban J connectivity index is 1.14. The van der Waals surface area contributed by atoms with Gasteiger partial charge in [0.05, 0.1) is 0 Å². The molecule has 0 aliphatic heterocycles. The van der Waals surface area contributed by atoms with Crippen LogP contribution in [0, 0.1) is 46.3 Å². The lowest BCUT2D eigenvalue weighted by molar-refractivity contribution is -0.122. The van der Waals surface area contributed by atoms with Crippen LogP contribution in [-0.4, -0.2) is 61.6 Å². The van der Waals surface area contributed by atoms with Crippen LogP contribution in [0.15, 0.2) is 11.6 Å². The molecule has 0 radical (unpaired) electrons. The van der Waals surface area contributed by atoms with E-state index in [4.69, 9.17) is 10.5 Å². The highest BCUT2D eigenvalue weighted by atomic mass is 16.6. The first-order valence-electron chi connectivity index (χ1n) is 27.8. The van der Waals surface area contributed by atoms with Gasteiger partial charge in [0, 0.05) is 32.5 Å². The van der Waals surface area contributed by atoms with Gasteiger partial charge in [0.15, 0.2) is 0 Å². The largest absolute Gasteiger partial charge is 0.446 e. The molecule has 8 heteroatoms. The number of rotatable bonds is 33. The third kappa shape index (κ3) is 17.5. The van der Waals surface area contributed by atoms with E-state index in [-0.39, 0.29) is 29.9 Å². The number of nitrogens with two attached hydrogens (primary N) is 1. The van der Waals surface area contributed by atoms with Crippen molar-refractivity contribution in [3.05, 3.63) is 11.6 Å². The van der Waals surface area contributed by atoms with Crippen LogP contribution in [0.2, 0.25) is 0 Å². The number of nitrogens with zero attached hydrogens (tertiary/aromatic N) is 1. The molecule has 4 N–H and O–H groups in total. The summed E-state index contributed by atoms with van der Waals surface area (Å²) in [4.78, 5) is 40.9. The van der Waals surface area contributed by atoms with Gasteiger partial charge >= 0.3 is 6.09 Å². The Bertz CT molecular complexity index is 1370. The monoisotopic (exact) mass is 895 g/mol. The molecule has 8 nitrogen and oxygen atoms in total. The van der Waals surface area contributed by atoms with Gasteiger partial charge in [0.2, 0.25) is 11.8 Å². The zero-order valence-corrected chi connectivity index (χ0v) is 42.7. The minimum atomic E-state index is -0.391. The topological polar surface area (TPSA) is 114 Å². The molecule has 0 unspecified atom stereocenters. The minimum Gasteiger partial charge on any atom is -0.446 e. The van der Waals surface area contributed by atoms with Crippen molar-refractivity contribution in [3.8, 4) is 0 Å². The molecule has 4 aliphatic rings. The van der Waals surface area contributed by atoms with Gasteiger partial charge in [0.1, 0.15) is 12.6 Å². The van der Waals surface area contributed by atoms with Gasteiger partial charge in [-0.05, 0) is 124 Å². The Kier molecular flexibility index (Phi) is 25.2. The summed E-state index contributed by atoms with van der Waals surface area (Å²) in [6, 6.07) is 0. The normalized spacial score (nSPS) is 26.7. The molecule has 64 heavy (non-hydrogen) atoms. The zero-order chi connectivity index (χ0) is 46.2. The van der Waals surface area contributed by atoms with Crippen molar-refractivity contribution in [1.82, 2.24) is 15.5 Å². The van der Waals surface area contributed by atoms with Crippen molar-refractivity contribution >= 4 is 17.9 Å². The average molecular weight is 895 g/mol. The maximum atomic E-state index is 13.8. The molecule has 3 amide bonds. The van der Waals surface area contributed by atoms with Crippen LogP contribution in [0.4, 0.5) is 4.79 Å². The van der Waals surface area contributed by atoms with Gasteiger partial charge in [-0.3, -0.25) is 14.5 Å². The van der Waals surface area contributed by atoms with E-state index in [1.54, 1.807) is 4.90 Å². The number of carbonyl (C=O) groups is 3. The van der Waals surface area contributed by atoms with E-state index in [2.05, 4.69) is 58.3 Å². The van der Waals surface area contributed by atoms with Crippen LogP contribution in [0.3, 0.4) is 0 Å². The summed E-state index contributed by atoms with van der Waals surface area (Å²) in [7, 11) is 0. The molecule has 0 saturated heterocycles. The fourth-order valence-corrected chi connectivity index (χ4v) is 13.3. The van der Waals surface area contributed by atoms with Crippen LogP contribution in [0.1, 0.15) is 241 Å². The van der Waals surface area contributed by atoms with Crippen LogP contribution in [-0.2, 0) is 14.3 Å². The first kappa shape index (κ1) is 54.5. The number of unbranched alkanes of at least 4 members (excludes halogenated alkanes) is 16. The van der Waals surface area contributed by atoms with Crippen molar-refractivity contribution in [2.45, 2.75) is 247 Å². The number of fused-ring (bicyclic) bond motifs is 5. The second-order valence-electron chi connectivity index (χ2n) is 22.6. The van der Waals surface area contributed by atoms with E-state index in [0.717, 1.165) is 74.0 Å². The maximum Gasteiger partial charge on any atom is 0.410 e. The van der Waals surface area contributed by atoms with E-state index in [9.17, 15) is 14.4 Å². The van der Waals surface area contributed by atoms with Gasteiger partial charge < -0.3 is 21.1 Å². The van der Waals surface area contributed by atoms with E-state index in [0.29, 0.717) is 50.9 Å². The molecule has 8 atom stereocenters. The molecule has 0 aromatic carbocycles. The molecular formula is C56H102N4O4. The van der Waals surface area contributed by atoms with E-state index >= 15 is 0 Å². The number of hydrogen-bond acceptors (Lipinski definition) is 5. The fraction of sp³-hybridized carbons (Fsp3) is 0.911. The molecular weight excluding hydrogens is 793 g/mol. The van der Waals surface area contributed by atoms with Gasteiger partial charge in [0.25, 0.3) is 0 Å². The fourth-order valence-electron chi connectivity index (χ4n) is 13.3. The molecule has 3 fully saturated rings. The molecule has 370 valence electrons. The van der Waals surface area contributed by atoms with Gasteiger partial charge in [-0.1, -0.05) is 169 Å². The molecule has 0 aromatic heterocycles. The number of carbonyl (C=O) groups excluding carboxylic acids is 3. The number of hydrogen-bond donors (Lipinski definition) is 3. The predicted molar refractivity (Wildman–Crippen MR) is 268 cm³/mol. The Morgan fingerprint density at radius 3 is 1.98 bits per heavy atom. The first-order valence-corrected chi connectivity index (χ1v) is 27.8. The van der Waals surface area contributed by atoms with E-state index in [1.807, 2.05) is 0 Å². The molecule has 0 heterocycles. The molecule has 0 spiro atoms. The Morgan fingerprint density at radius 1 is 0.719 bits per heavy atom. The first-order chi connectivity index (χ1) is 30.9. The summed E-state index contributed by atoms with van der Waals surface area (Å²) in [6.45, 7) is 16.8. The summed E-state index contributed by atoms with van der Waals surface area (Å²) >= 11 is 0. The highest BCUT2D eigenvalue weighted by Gasteiger charge is 2.59. The lowest BCUT2D eigenvalue weighted by Crippen LogP contribution is -2.51. The van der Waals surface area contributed by atoms with Crippen molar-refractivity contribution < 1.29 is 19.1 Å². The highest BCUT2D eigenvalue weighted by molar-refractivity contribution is 5.82. The van der Waals surface area contributed by atoms with Gasteiger partial charge in [-0.15, -0.1) is 0 Å². The van der Waals surface area contributed by atoms with E-state index < -0.39 is 6.09 Å². The Hall–Kier alpha value is -2.09. The van der Waals surface area contributed by atoms with Crippen LogP contribution >= 0.6 is 0 Å². The molecule has 0 aromatic rings. The second kappa shape index (κ2) is 29.6. The second-order valence-corrected chi connectivity index (χ2v) is 22.6. The standard InChI is InChI=1S/C56H102N4O4/c1-7-8-9-10-11-12-13-14-15-16-17-18-19-20-21-22-29-52(61)58-39-23-24-41-60(43-53(62)59-40-26-38-57)54(63)64-47-34-36-55(5)46(42-47)30-31-48-50-33-32-49(45(4)28-25-27-44(2)3)56(50,6)37-35-51(48)55/h30,44-45,47-51H,7-29,31-43,57H2,1-6H3,(H,58,61)(H,59,62)/t45-,47+,48+,49-,50+,51+,55+,56-/m1/s1. The predicted octanol–water partition coefficient (Wildman–Crippen LogP) is 13.8. The van der Waals surface area contributed by atoms with Crippen molar-refractivity contribution in [2.24, 2.45) is 52.1 Å². The summed E-state index contributed by atoms with van der Waals surface area (Å²) in [5, 5.41) is 6.01. The number of amides is 3. The SMILES string of the molecule is CCCCCCCCCCCCCCCCCCC(=O)NCCCCN(CC(=O)NCCCN)C(=O)O[C@H]1CC[C@@]2(C)C(=CC[C@H]3[C@@H]4CC[C@H]([C@H](C)CCCC(C)C)[C@@]4(C)CC[C@@H]32)C1. The van der Waals surface area contributed by atoms with Gasteiger partial charge in [-0.25, -0.2) is 4.79 Å². The number of ether oxygens (including phenoxy) is 1. The average Bonchev–Trinajstić information content (AvgIpc) is 3.63. The molecule has 3 saturated carbocycles. The molecule has 4 rings (SSSR count). The highest BCUT2D eigenvalue weighted by Crippen LogP contribution is 2.67. The van der Waals surface area contributed by atoms with Crippen LogP contribution in [0.25, 0.3) is 0 Å². The summed E-state index contributed by atoms with van der Waals surface area (Å²) < 4.78 is 6.28. The molecule has 4 aliphatic carbocycles. The zero-order valence-electron chi connectivity index (χ0n) is 42.7. The van der Waals surface area contributed by atoms with Crippen molar-refractivity contribution in [3.63, 3.8) is 0 Å². The van der Waals surface area contributed by atoms with Crippen molar-refractivity contribution in [1.29, 1.82) is 0 Å². The quantitative estimate of drug-likeness (QED) is 0.0448. The number of nitrogens with one attached hydrogen (secondary N) is 2. The van der Waals surface area contributed by atoms with Gasteiger partial charge in [-0.2, -0.15) is 0 Å². The Labute approximate surface area is 394 Å². The minimum absolute atomic E-state index is 0.0244. The van der Waals surface area contributed by atoms with E-state index in [1.165, 1.54) is 147 Å². The third-order valence-electron chi connectivity index (χ3n) is 17.3. The van der Waals surface area contributed by atoms with Crippen LogP contribution in [0.5, 0.6) is 0 Å². The third-order valence-corrected chi connectivity index (χ3v) is 17.3. The number of allylic oxidation sites excluding steroid dienone is 1. The Morgan fingerprint density at radius 2 is 1.34 bits per heavy atom. The summed E-state index contributed by atoms with van der Waals surface area (Å²) in [5.41, 5.74) is 7.84. The smallest absolute Gasteiger partial charge is 0.410 e. The molecule has 0 bridgehead atoms. The summed E-state index contributed by atoms with van der Waals surface area (Å²) in [5.74, 6) is 4.74. The van der Waals surface area contributed by atoms with Crippen LogP contribution < -0.4 is 16.4 Å². The lowest BCUT2D eigenvalue weighted by Gasteiger charge is -2.58. The van der Waals surface area contributed by atoms with Crippen molar-refractivity contribution in [2.75, 3.05) is 32.7 Å². The maximum absolute atomic E-state index is 13.8. The lowest BCUT2D eigenvalue weighted by atomic mass is 9.47.